The predicted molar refractivity (Wildman–Crippen MR) is 65.4 cm³/mol. The Bertz CT molecular complexity index is 581. The first-order valence-electron chi connectivity index (χ1n) is 5.18. The molecule has 7 heteroatoms. The number of amides is 1. The number of carbonyl (C=O) groups is 1. The molecule has 0 aliphatic rings. The van der Waals surface area contributed by atoms with Gasteiger partial charge in [-0.05, 0) is 12.1 Å². The van der Waals surface area contributed by atoms with Crippen molar-refractivity contribution in [3.63, 3.8) is 0 Å². The first kappa shape index (κ1) is 12.1. The fraction of sp³-hybridized carbons (Fsp3) is 0.0909. The minimum absolute atomic E-state index is 0.0443. The number of hydrogen-bond donors (Lipinski definition) is 3. The zero-order chi connectivity index (χ0) is 13.1. The molecule has 1 heterocycles. The molecule has 0 saturated carbocycles. The van der Waals surface area contributed by atoms with Gasteiger partial charge in [-0.15, -0.1) is 0 Å². The van der Waals surface area contributed by atoms with Crippen molar-refractivity contribution in [1.82, 2.24) is 9.78 Å². The lowest BCUT2D eigenvalue weighted by atomic mass is 10.1. The van der Waals surface area contributed by atoms with Gasteiger partial charge in [0, 0.05) is 13.1 Å². The maximum absolute atomic E-state index is 13.4. The van der Waals surface area contributed by atoms with Gasteiger partial charge in [-0.25, -0.2) is 4.39 Å². The van der Waals surface area contributed by atoms with Gasteiger partial charge in [-0.1, -0.05) is 6.07 Å². The zero-order valence-electron chi connectivity index (χ0n) is 9.64. The predicted octanol–water partition coefficient (Wildman–Crippen LogP) is 1.10. The normalized spacial score (nSPS) is 10.2. The summed E-state index contributed by atoms with van der Waals surface area (Å²) in [7, 11) is 1.68. The van der Waals surface area contributed by atoms with Crippen molar-refractivity contribution in [3.05, 3.63) is 41.8 Å². The van der Waals surface area contributed by atoms with Crippen LogP contribution in [0.2, 0.25) is 0 Å². The summed E-state index contributed by atoms with van der Waals surface area (Å²) in [6.07, 6.45) is 1.54. The number of benzene rings is 1. The molecule has 1 aromatic carbocycles. The third-order valence-corrected chi connectivity index (χ3v) is 2.47. The Morgan fingerprint density at radius 1 is 1.44 bits per heavy atom. The van der Waals surface area contributed by atoms with Gasteiger partial charge < -0.3 is 10.7 Å². The Morgan fingerprint density at radius 3 is 2.83 bits per heavy atom. The summed E-state index contributed by atoms with van der Waals surface area (Å²) in [5, 5.41) is 6.52. The Morgan fingerprint density at radius 2 is 2.22 bits per heavy atom. The van der Waals surface area contributed by atoms with Crippen LogP contribution in [0.1, 0.15) is 10.4 Å². The van der Waals surface area contributed by atoms with E-state index in [4.69, 9.17) is 5.84 Å². The highest BCUT2D eigenvalue weighted by atomic mass is 19.1. The Hall–Kier alpha value is -2.41. The molecule has 0 fully saturated rings. The summed E-state index contributed by atoms with van der Waals surface area (Å²) in [5.74, 6) is 4.66. The molecule has 94 valence electrons. The van der Waals surface area contributed by atoms with E-state index in [1.54, 1.807) is 19.3 Å². The largest absolute Gasteiger partial charge is 0.321 e. The summed E-state index contributed by atoms with van der Waals surface area (Å²) in [6.45, 7) is 0. The monoisotopic (exact) mass is 249 g/mol. The van der Waals surface area contributed by atoms with E-state index in [0.717, 1.165) is 0 Å². The van der Waals surface area contributed by atoms with Crippen LogP contribution in [0.4, 0.5) is 15.9 Å². The number of nitrogens with two attached hydrogens (primary N) is 1. The maximum atomic E-state index is 13.4. The molecule has 4 N–H and O–H groups in total. The van der Waals surface area contributed by atoms with Crippen molar-refractivity contribution in [2.45, 2.75) is 0 Å². The lowest BCUT2D eigenvalue weighted by Crippen LogP contribution is -2.19. The van der Waals surface area contributed by atoms with E-state index in [-0.39, 0.29) is 11.3 Å². The summed E-state index contributed by atoms with van der Waals surface area (Å²) in [5.41, 5.74) is 2.26. The number of halogens is 1. The van der Waals surface area contributed by atoms with Crippen LogP contribution in [0, 0.1) is 5.82 Å². The maximum Gasteiger partial charge on any atom is 0.259 e. The van der Waals surface area contributed by atoms with Gasteiger partial charge in [0.2, 0.25) is 0 Å². The van der Waals surface area contributed by atoms with E-state index >= 15 is 0 Å². The van der Waals surface area contributed by atoms with Crippen LogP contribution in [0.25, 0.3) is 0 Å². The first-order valence-corrected chi connectivity index (χ1v) is 5.18. The van der Waals surface area contributed by atoms with Crippen molar-refractivity contribution in [1.29, 1.82) is 0 Å². The van der Waals surface area contributed by atoms with Crippen molar-refractivity contribution in [2.75, 3.05) is 10.7 Å². The number of nitrogens with zero attached hydrogens (tertiary/aromatic N) is 2. The summed E-state index contributed by atoms with van der Waals surface area (Å²) in [6, 6.07) is 5.76. The molecule has 0 aliphatic carbocycles. The Balaban J connectivity index is 2.30. The summed E-state index contributed by atoms with van der Waals surface area (Å²) >= 11 is 0. The number of nitrogens with one attached hydrogen (secondary N) is 2. The fourth-order valence-corrected chi connectivity index (χ4v) is 1.54. The van der Waals surface area contributed by atoms with Gasteiger partial charge >= 0.3 is 0 Å². The highest BCUT2D eigenvalue weighted by Gasteiger charge is 2.15. The van der Waals surface area contributed by atoms with Gasteiger partial charge in [0.25, 0.3) is 5.91 Å². The second-order valence-corrected chi connectivity index (χ2v) is 3.60. The molecule has 0 bridgehead atoms. The molecule has 6 nitrogen and oxygen atoms in total. The number of nitrogen functional groups attached to an aromatic ring is 1. The summed E-state index contributed by atoms with van der Waals surface area (Å²) in [4.78, 5) is 12.0. The van der Waals surface area contributed by atoms with E-state index < -0.39 is 11.7 Å². The highest BCUT2D eigenvalue weighted by molar-refractivity contribution is 6.07. The lowest BCUT2D eigenvalue weighted by Gasteiger charge is -2.10. The van der Waals surface area contributed by atoms with Gasteiger partial charge in [-0.2, -0.15) is 5.10 Å². The SMILES string of the molecule is Cn1nccc1NC(=O)c1cccc(F)c1NN. The van der Waals surface area contributed by atoms with Crippen LogP contribution in [0.3, 0.4) is 0 Å². The van der Waals surface area contributed by atoms with E-state index in [2.05, 4.69) is 15.8 Å². The molecule has 0 spiro atoms. The number of carbonyl (C=O) groups excluding carboxylic acids is 1. The number of hydrogen-bond acceptors (Lipinski definition) is 4. The molecule has 0 radical (unpaired) electrons. The van der Waals surface area contributed by atoms with Crippen LogP contribution in [0.5, 0.6) is 0 Å². The number of hydrazine groups is 1. The molecule has 1 aromatic heterocycles. The Labute approximate surface area is 103 Å². The van der Waals surface area contributed by atoms with Crippen molar-refractivity contribution >= 4 is 17.4 Å². The molecule has 0 unspecified atom stereocenters. The van der Waals surface area contributed by atoms with Gasteiger partial charge in [0.15, 0.2) is 0 Å². The van der Waals surface area contributed by atoms with E-state index in [0.29, 0.717) is 5.82 Å². The average molecular weight is 249 g/mol. The zero-order valence-corrected chi connectivity index (χ0v) is 9.64. The molecule has 0 atom stereocenters. The third kappa shape index (κ3) is 2.16. The number of aromatic nitrogens is 2. The third-order valence-electron chi connectivity index (χ3n) is 2.47. The second-order valence-electron chi connectivity index (χ2n) is 3.60. The van der Waals surface area contributed by atoms with E-state index in [1.165, 1.54) is 22.9 Å². The van der Waals surface area contributed by atoms with E-state index in [1.807, 2.05) is 0 Å². The Kier molecular flexibility index (Phi) is 3.24. The molecular weight excluding hydrogens is 237 g/mol. The van der Waals surface area contributed by atoms with Crippen LogP contribution >= 0.6 is 0 Å². The standard InChI is InChI=1S/C11H12FN5O/c1-17-9(5-6-14-17)15-11(18)7-3-2-4-8(12)10(7)16-13/h2-6,16H,13H2,1H3,(H,15,18). The number of rotatable bonds is 3. The molecule has 0 saturated heterocycles. The second kappa shape index (κ2) is 4.84. The van der Waals surface area contributed by atoms with E-state index in [9.17, 15) is 9.18 Å². The summed E-state index contributed by atoms with van der Waals surface area (Å²) < 4.78 is 14.9. The van der Waals surface area contributed by atoms with Crippen LogP contribution in [-0.4, -0.2) is 15.7 Å². The van der Waals surface area contributed by atoms with Crippen LogP contribution in [0.15, 0.2) is 30.5 Å². The smallest absolute Gasteiger partial charge is 0.259 e. The molecule has 2 rings (SSSR count). The van der Waals surface area contributed by atoms with Gasteiger partial charge in [0.1, 0.15) is 11.6 Å². The minimum Gasteiger partial charge on any atom is -0.321 e. The highest BCUT2D eigenvalue weighted by Crippen LogP contribution is 2.19. The molecule has 1 amide bonds. The number of para-hydroxylation sites is 1. The van der Waals surface area contributed by atoms with Crippen molar-refractivity contribution < 1.29 is 9.18 Å². The van der Waals surface area contributed by atoms with Crippen LogP contribution < -0.4 is 16.6 Å². The fourth-order valence-electron chi connectivity index (χ4n) is 1.54. The van der Waals surface area contributed by atoms with Gasteiger partial charge in [0.05, 0.1) is 17.4 Å². The molecular formula is C11H12FN5O. The molecule has 0 aliphatic heterocycles. The molecule has 18 heavy (non-hydrogen) atoms. The van der Waals surface area contributed by atoms with Gasteiger partial charge in [-0.3, -0.25) is 15.3 Å². The first-order chi connectivity index (χ1) is 8.63. The molecule has 2 aromatic rings. The minimum atomic E-state index is -0.588. The number of aryl methyl sites for hydroxylation is 1. The topological polar surface area (TPSA) is 85.0 Å². The van der Waals surface area contributed by atoms with Crippen molar-refractivity contribution in [3.8, 4) is 0 Å². The van der Waals surface area contributed by atoms with Crippen molar-refractivity contribution in [2.24, 2.45) is 12.9 Å². The average Bonchev–Trinajstić information content (AvgIpc) is 2.74. The quantitative estimate of drug-likeness (QED) is 0.561. The van der Waals surface area contributed by atoms with Crippen LogP contribution in [-0.2, 0) is 7.05 Å². The lowest BCUT2D eigenvalue weighted by molar-refractivity contribution is 0.102. The number of anilines is 2.